The number of aliphatic hydroxyl groups is 1. The lowest BCUT2D eigenvalue weighted by Gasteiger charge is -2.22. The molecule has 1 N–H and O–H groups in total. The second-order valence-corrected chi connectivity index (χ2v) is 4.92. The molecule has 0 saturated heterocycles. The van der Waals surface area contributed by atoms with Crippen molar-refractivity contribution in [3.8, 4) is 0 Å². The van der Waals surface area contributed by atoms with Gasteiger partial charge in [-0.2, -0.15) is 0 Å². The molecule has 0 aromatic heterocycles. The number of hydrogen-bond acceptors (Lipinski definition) is 3. The van der Waals surface area contributed by atoms with Gasteiger partial charge in [-0.05, 0) is 54.1 Å². The van der Waals surface area contributed by atoms with Crippen molar-refractivity contribution in [2.24, 2.45) is 0 Å². The molecule has 1 aromatic rings. The van der Waals surface area contributed by atoms with E-state index in [4.69, 9.17) is 9.47 Å². The van der Waals surface area contributed by atoms with E-state index in [0.29, 0.717) is 19.6 Å². The second-order valence-electron chi connectivity index (χ2n) is 3.68. The van der Waals surface area contributed by atoms with Crippen molar-refractivity contribution < 1.29 is 14.6 Å². The van der Waals surface area contributed by atoms with Crippen LogP contribution < -0.4 is 0 Å². The zero-order chi connectivity index (χ0) is 12.7. The summed E-state index contributed by atoms with van der Waals surface area (Å²) in [5.41, 5.74) is 1.09. The highest BCUT2D eigenvalue weighted by atomic mass is 127. The van der Waals surface area contributed by atoms with E-state index in [9.17, 15) is 5.11 Å². The summed E-state index contributed by atoms with van der Waals surface area (Å²) in [4.78, 5) is 0. The number of hydrogen-bond donors (Lipinski definition) is 1. The first-order chi connectivity index (χ1) is 8.17. The van der Waals surface area contributed by atoms with Gasteiger partial charge in [0.05, 0.1) is 0 Å². The Hall–Kier alpha value is -0.170. The molecule has 0 radical (unpaired) electrons. The Labute approximate surface area is 116 Å². The number of benzene rings is 1. The standard InChI is InChI=1S/C13H19IO3/c1-3-16-13(17-4-2)12(15)9-10-5-7-11(14)8-6-10/h5-8,12-13,15H,3-4,9H2,1-2H3. The Balaban J connectivity index is 2.55. The van der Waals surface area contributed by atoms with E-state index in [1.807, 2.05) is 38.1 Å². The highest BCUT2D eigenvalue weighted by Crippen LogP contribution is 2.12. The van der Waals surface area contributed by atoms with Crippen LogP contribution in [0.4, 0.5) is 0 Å². The SMILES string of the molecule is CCOC(OCC)C(O)Cc1ccc(I)cc1. The lowest BCUT2D eigenvalue weighted by Crippen LogP contribution is -2.33. The van der Waals surface area contributed by atoms with Gasteiger partial charge in [0.2, 0.25) is 0 Å². The maximum absolute atomic E-state index is 10.0. The molecular weight excluding hydrogens is 331 g/mol. The van der Waals surface area contributed by atoms with Crippen molar-refractivity contribution in [3.63, 3.8) is 0 Å². The molecule has 0 bridgehead atoms. The normalized spacial score (nSPS) is 13.0. The zero-order valence-electron chi connectivity index (χ0n) is 10.2. The van der Waals surface area contributed by atoms with Gasteiger partial charge in [-0.3, -0.25) is 0 Å². The van der Waals surface area contributed by atoms with E-state index >= 15 is 0 Å². The zero-order valence-corrected chi connectivity index (χ0v) is 12.4. The van der Waals surface area contributed by atoms with E-state index in [-0.39, 0.29) is 0 Å². The average molecular weight is 350 g/mol. The molecule has 1 atom stereocenters. The molecule has 3 nitrogen and oxygen atoms in total. The topological polar surface area (TPSA) is 38.7 Å². The van der Waals surface area contributed by atoms with Crippen LogP contribution in [-0.2, 0) is 15.9 Å². The summed E-state index contributed by atoms with van der Waals surface area (Å²) in [7, 11) is 0. The Morgan fingerprint density at radius 1 is 1.12 bits per heavy atom. The van der Waals surface area contributed by atoms with Gasteiger partial charge in [-0.1, -0.05) is 12.1 Å². The third-order valence-corrected chi connectivity index (χ3v) is 3.05. The monoisotopic (exact) mass is 350 g/mol. The summed E-state index contributed by atoms with van der Waals surface area (Å²) in [6.45, 7) is 4.86. The molecule has 1 aromatic carbocycles. The van der Waals surface area contributed by atoms with Gasteiger partial charge in [-0.25, -0.2) is 0 Å². The van der Waals surface area contributed by atoms with E-state index < -0.39 is 12.4 Å². The predicted octanol–water partition coefficient (Wildman–Crippen LogP) is 2.59. The summed E-state index contributed by atoms with van der Waals surface area (Å²) in [6.07, 6.45) is -0.624. The van der Waals surface area contributed by atoms with Crippen LogP contribution in [0.25, 0.3) is 0 Å². The molecule has 0 heterocycles. The first-order valence-electron chi connectivity index (χ1n) is 5.83. The van der Waals surface area contributed by atoms with Crippen LogP contribution in [0.1, 0.15) is 19.4 Å². The van der Waals surface area contributed by atoms with E-state index in [0.717, 1.165) is 5.56 Å². The van der Waals surface area contributed by atoms with Crippen LogP contribution in [-0.4, -0.2) is 30.7 Å². The van der Waals surface area contributed by atoms with Crippen molar-refractivity contribution in [1.82, 2.24) is 0 Å². The molecule has 0 aliphatic heterocycles. The number of ether oxygens (including phenoxy) is 2. The fourth-order valence-electron chi connectivity index (χ4n) is 1.56. The van der Waals surface area contributed by atoms with Gasteiger partial charge < -0.3 is 14.6 Å². The summed E-state index contributed by atoms with van der Waals surface area (Å²) in [5.74, 6) is 0. The predicted molar refractivity (Wildman–Crippen MR) is 75.9 cm³/mol. The van der Waals surface area contributed by atoms with E-state index in [2.05, 4.69) is 22.6 Å². The molecule has 0 saturated carbocycles. The lowest BCUT2D eigenvalue weighted by atomic mass is 10.1. The molecule has 96 valence electrons. The van der Waals surface area contributed by atoms with Gasteiger partial charge in [-0.15, -0.1) is 0 Å². The van der Waals surface area contributed by atoms with Gasteiger partial charge in [0.1, 0.15) is 6.10 Å². The first-order valence-corrected chi connectivity index (χ1v) is 6.91. The molecule has 1 rings (SSSR count). The molecule has 0 spiro atoms. The summed E-state index contributed by atoms with van der Waals surface area (Å²) in [6, 6.07) is 8.08. The Kier molecular flexibility index (Phi) is 7.03. The van der Waals surface area contributed by atoms with Crippen molar-refractivity contribution in [2.45, 2.75) is 32.7 Å². The van der Waals surface area contributed by atoms with Crippen LogP contribution in [0.15, 0.2) is 24.3 Å². The second kappa shape index (κ2) is 8.02. The molecule has 0 aliphatic rings. The van der Waals surface area contributed by atoms with Gasteiger partial charge in [0, 0.05) is 23.2 Å². The smallest absolute Gasteiger partial charge is 0.183 e. The molecule has 0 aliphatic carbocycles. The molecule has 0 amide bonds. The molecular formula is C13H19IO3. The van der Waals surface area contributed by atoms with Gasteiger partial charge in [0.25, 0.3) is 0 Å². The minimum atomic E-state index is -0.630. The molecule has 17 heavy (non-hydrogen) atoms. The third-order valence-electron chi connectivity index (χ3n) is 2.33. The minimum absolute atomic E-state index is 0.536. The Morgan fingerprint density at radius 2 is 1.65 bits per heavy atom. The molecule has 1 unspecified atom stereocenters. The lowest BCUT2D eigenvalue weighted by molar-refractivity contribution is -0.188. The number of rotatable bonds is 7. The molecule has 0 fully saturated rings. The van der Waals surface area contributed by atoms with Crippen molar-refractivity contribution >= 4 is 22.6 Å². The van der Waals surface area contributed by atoms with Crippen LogP contribution in [0, 0.1) is 3.57 Å². The van der Waals surface area contributed by atoms with Gasteiger partial charge >= 0.3 is 0 Å². The third kappa shape index (κ3) is 5.33. The van der Waals surface area contributed by atoms with E-state index in [1.54, 1.807) is 0 Å². The highest BCUT2D eigenvalue weighted by molar-refractivity contribution is 14.1. The Morgan fingerprint density at radius 3 is 2.12 bits per heavy atom. The van der Waals surface area contributed by atoms with Gasteiger partial charge in [0.15, 0.2) is 6.29 Å². The first kappa shape index (κ1) is 14.9. The largest absolute Gasteiger partial charge is 0.387 e. The maximum atomic E-state index is 10.0. The van der Waals surface area contributed by atoms with E-state index in [1.165, 1.54) is 3.57 Å². The number of halogens is 1. The van der Waals surface area contributed by atoms with Crippen molar-refractivity contribution in [3.05, 3.63) is 33.4 Å². The van der Waals surface area contributed by atoms with Crippen LogP contribution >= 0.6 is 22.6 Å². The number of aliphatic hydroxyl groups excluding tert-OH is 1. The highest BCUT2D eigenvalue weighted by Gasteiger charge is 2.19. The fourth-order valence-corrected chi connectivity index (χ4v) is 1.92. The van der Waals surface area contributed by atoms with Crippen LogP contribution in [0.2, 0.25) is 0 Å². The minimum Gasteiger partial charge on any atom is -0.387 e. The summed E-state index contributed by atoms with van der Waals surface area (Å²) in [5, 5.41) is 10.0. The Bertz CT molecular complexity index is 307. The quantitative estimate of drug-likeness (QED) is 0.607. The molecule has 4 heteroatoms. The van der Waals surface area contributed by atoms with Crippen molar-refractivity contribution in [2.75, 3.05) is 13.2 Å². The van der Waals surface area contributed by atoms with Crippen LogP contribution in [0.5, 0.6) is 0 Å². The maximum Gasteiger partial charge on any atom is 0.183 e. The van der Waals surface area contributed by atoms with Crippen molar-refractivity contribution in [1.29, 1.82) is 0 Å². The fraction of sp³-hybridized carbons (Fsp3) is 0.538. The average Bonchev–Trinajstić information content (AvgIpc) is 2.32. The summed E-state index contributed by atoms with van der Waals surface area (Å²) >= 11 is 2.26. The summed E-state index contributed by atoms with van der Waals surface area (Å²) < 4.78 is 11.9. The van der Waals surface area contributed by atoms with Crippen LogP contribution in [0.3, 0.4) is 0 Å².